The number of rotatable bonds is 0. The Balaban J connectivity index is 3.04. The first-order valence-corrected chi connectivity index (χ1v) is 7.22. The molecule has 1 aliphatic heterocycles. The lowest BCUT2D eigenvalue weighted by atomic mass is 9.98. The fraction of sp³-hybridized carbons (Fsp3) is 1.00. The van der Waals surface area contributed by atoms with Crippen molar-refractivity contribution in [3.05, 3.63) is 0 Å². The monoisotopic (exact) mass is 214 g/mol. The Bertz CT molecular complexity index is 192. The summed E-state index contributed by atoms with van der Waals surface area (Å²) in [7, 11) is 0.101. The third-order valence-electron chi connectivity index (χ3n) is 3.46. The van der Waals surface area contributed by atoms with Gasteiger partial charge in [0.2, 0.25) is 0 Å². The van der Waals surface area contributed by atoms with Crippen molar-refractivity contribution >= 4 is 7.92 Å². The first-order chi connectivity index (χ1) is 6.07. The third kappa shape index (κ3) is 2.32. The van der Waals surface area contributed by atoms with Gasteiger partial charge in [-0.05, 0) is 28.3 Å². The topological polar surface area (TPSA) is 0 Å². The molecule has 14 heavy (non-hydrogen) atoms. The largest absolute Gasteiger partial charge is 0.0895 e. The van der Waals surface area contributed by atoms with Gasteiger partial charge in [0.05, 0.1) is 0 Å². The van der Waals surface area contributed by atoms with E-state index in [0.29, 0.717) is 15.5 Å². The van der Waals surface area contributed by atoms with Crippen LogP contribution in [0.5, 0.6) is 0 Å². The minimum atomic E-state index is 0.101. The van der Waals surface area contributed by atoms with Gasteiger partial charge in [-0.25, -0.2) is 0 Å². The van der Waals surface area contributed by atoms with Crippen LogP contribution in [-0.2, 0) is 0 Å². The first kappa shape index (κ1) is 12.5. The standard InChI is InChI=1S/C13H27P/c1-11(2,3)14-12(4,5)9-8-10-13(14,6)7/h8-10H2,1-7H3. The van der Waals surface area contributed by atoms with Crippen LogP contribution in [0.25, 0.3) is 0 Å². The molecular weight excluding hydrogens is 187 g/mol. The number of hydrogen-bond acceptors (Lipinski definition) is 0. The second-order valence-electron chi connectivity index (χ2n) is 6.98. The van der Waals surface area contributed by atoms with Crippen LogP contribution in [0.1, 0.15) is 67.7 Å². The van der Waals surface area contributed by atoms with Gasteiger partial charge in [0.1, 0.15) is 0 Å². The Labute approximate surface area is 91.6 Å². The lowest BCUT2D eigenvalue weighted by Crippen LogP contribution is -2.41. The fourth-order valence-electron chi connectivity index (χ4n) is 3.81. The van der Waals surface area contributed by atoms with Gasteiger partial charge in [0, 0.05) is 0 Å². The van der Waals surface area contributed by atoms with Crippen molar-refractivity contribution in [2.75, 3.05) is 0 Å². The normalized spacial score (nSPS) is 27.6. The Hall–Kier alpha value is 0.430. The molecule has 1 rings (SSSR count). The predicted octanol–water partition coefficient (Wildman–Crippen LogP) is 5.01. The summed E-state index contributed by atoms with van der Waals surface area (Å²) >= 11 is 0. The van der Waals surface area contributed by atoms with E-state index in [4.69, 9.17) is 0 Å². The second-order valence-corrected chi connectivity index (χ2v) is 11.4. The molecule has 0 aliphatic carbocycles. The van der Waals surface area contributed by atoms with E-state index in [0.717, 1.165) is 0 Å². The predicted molar refractivity (Wildman–Crippen MR) is 68.7 cm³/mol. The molecule has 0 aromatic heterocycles. The Kier molecular flexibility index (Phi) is 3.10. The van der Waals surface area contributed by atoms with Crippen molar-refractivity contribution in [3.63, 3.8) is 0 Å². The van der Waals surface area contributed by atoms with E-state index in [1.807, 2.05) is 0 Å². The zero-order chi connectivity index (χ0) is 11.2. The summed E-state index contributed by atoms with van der Waals surface area (Å²) in [6.45, 7) is 17.3. The van der Waals surface area contributed by atoms with E-state index in [2.05, 4.69) is 48.5 Å². The molecule has 0 aromatic carbocycles. The maximum atomic E-state index is 2.49. The van der Waals surface area contributed by atoms with Gasteiger partial charge in [0.25, 0.3) is 0 Å². The SMILES string of the molecule is CC(C)(C)P1C(C)(C)CCCC1(C)C. The number of hydrogen-bond donors (Lipinski definition) is 0. The van der Waals surface area contributed by atoms with Crippen molar-refractivity contribution < 1.29 is 0 Å². The molecule has 1 aliphatic rings. The molecule has 84 valence electrons. The molecule has 0 amide bonds. The van der Waals surface area contributed by atoms with E-state index in [1.54, 1.807) is 0 Å². The lowest BCUT2D eigenvalue weighted by Gasteiger charge is -2.56. The van der Waals surface area contributed by atoms with Gasteiger partial charge < -0.3 is 0 Å². The maximum Gasteiger partial charge on any atom is -0.0141 e. The highest BCUT2D eigenvalue weighted by Gasteiger charge is 2.48. The Morgan fingerprint density at radius 3 is 1.43 bits per heavy atom. The molecule has 0 nitrogen and oxygen atoms in total. The van der Waals surface area contributed by atoms with Crippen molar-refractivity contribution in [3.8, 4) is 0 Å². The molecule has 0 aromatic rings. The highest BCUT2D eigenvalue weighted by atomic mass is 31.1. The van der Waals surface area contributed by atoms with Crippen LogP contribution in [0.4, 0.5) is 0 Å². The highest BCUT2D eigenvalue weighted by Crippen LogP contribution is 2.71. The van der Waals surface area contributed by atoms with E-state index in [9.17, 15) is 0 Å². The quantitative estimate of drug-likeness (QED) is 0.497. The maximum absolute atomic E-state index is 2.49. The van der Waals surface area contributed by atoms with Crippen LogP contribution in [0.2, 0.25) is 0 Å². The lowest BCUT2D eigenvalue weighted by molar-refractivity contribution is 0.451. The average molecular weight is 214 g/mol. The molecule has 1 fully saturated rings. The van der Waals surface area contributed by atoms with Crippen LogP contribution < -0.4 is 0 Å². The Morgan fingerprint density at radius 1 is 0.857 bits per heavy atom. The molecule has 0 radical (unpaired) electrons. The molecule has 0 spiro atoms. The molecule has 0 unspecified atom stereocenters. The van der Waals surface area contributed by atoms with Crippen LogP contribution in [0, 0.1) is 0 Å². The summed E-state index contributed by atoms with van der Waals surface area (Å²) in [5, 5.41) is 1.66. The first-order valence-electron chi connectivity index (χ1n) is 5.88. The highest BCUT2D eigenvalue weighted by molar-refractivity contribution is 7.62. The van der Waals surface area contributed by atoms with Gasteiger partial charge in [-0.2, -0.15) is 0 Å². The fourth-order valence-corrected chi connectivity index (χ4v) is 9.85. The summed E-state index contributed by atoms with van der Waals surface area (Å²) in [5.74, 6) is 0. The average Bonchev–Trinajstić information content (AvgIpc) is 1.76. The van der Waals surface area contributed by atoms with E-state index in [1.165, 1.54) is 19.3 Å². The van der Waals surface area contributed by atoms with Crippen molar-refractivity contribution in [1.29, 1.82) is 0 Å². The van der Waals surface area contributed by atoms with Gasteiger partial charge in [-0.15, -0.1) is 0 Å². The van der Waals surface area contributed by atoms with Crippen molar-refractivity contribution in [2.24, 2.45) is 0 Å². The summed E-state index contributed by atoms with van der Waals surface area (Å²) in [6, 6.07) is 0. The molecule has 0 saturated carbocycles. The zero-order valence-electron chi connectivity index (χ0n) is 11.1. The summed E-state index contributed by atoms with van der Waals surface area (Å²) < 4.78 is 0. The molecule has 0 atom stereocenters. The molecule has 1 heteroatoms. The van der Waals surface area contributed by atoms with Crippen molar-refractivity contribution in [1.82, 2.24) is 0 Å². The van der Waals surface area contributed by atoms with E-state index in [-0.39, 0.29) is 7.92 Å². The van der Waals surface area contributed by atoms with Crippen LogP contribution >= 0.6 is 7.92 Å². The Morgan fingerprint density at radius 2 is 1.21 bits per heavy atom. The smallest absolute Gasteiger partial charge is 0.0141 e. The summed E-state index contributed by atoms with van der Waals surface area (Å²) in [4.78, 5) is 0. The van der Waals surface area contributed by atoms with Crippen molar-refractivity contribution in [2.45, 2.75) is 83.2 Å². The van der Waals surface area contributed by atoms with Crippen LogP contribution in [-0.4, -0.2) is 15.5 Å². The van der Waals surface area contributed by atoms with Crippen LogP contribution in [0.3, 0.4) is 0 Å². The minimum Gasteiger partial charge on any atom is -0.0895 e. The molecule has 0 bridgehead atoms. The van der Waals surface area contributed by atoms with Gasteiger partial charge in [-0.3, -0.25) is 0 Å². The van der Waals surface area contributed by atoms with Gasteiger partial charge >= 0.3 is 0 Å². The van der Waals surface area contributed by atoms with Gasteiger partial charge in [0.15, 0.2) is 0 Å². The molecular formula is C13H27P. The van der Waals surface area contributed by atoms with Gasteiger partial charge in [-0.1, -0.05) is 62.8 Å². The second kappa shape index (κ2) is 3.48. The van der Waals surface area contributed by atoms with Crippen LogP contribution in [0.15, 0.2) is 0 Å². The third-order valence-corrected chi connectivity index (χ3v) is 7.67. The minimum absolute atomic E-state index is 0.101. The molecule has 0 N–H and O–H groups in total. The summed E-state index contributed by atoms with van der Waals surface area (Å²) in [6.07, 6.45) is 4.29. The van der Waals surface area contributed by atoms with E-state index < -0.39 is 0 Å². The molecule has 1 saturated heterocycles. The summed E-state index contributed by atoms with van der Waals surface area (Å²) in [5.41, 5.74) is 0. The van der Waals surface area contributed by atoms with E-state index >= 15 is 0 Å². The molecule has 1 heterocycles. The zero-order valence-corrected chi connectivity index (χ0v) is 12.0.